The first-order valence-corrected chi connectivity index (χ1v) is 4.77. The Morgan fingerprint density at radius 1 is 1.38 bits per heavy atom. The molecule has 0 aliphatic carbocycles. The van der Waals surface area contributed by atoms with Gasteiger partial charge >= 0.3 is 0 Å². The fourth-order valence-electron chi connectivity index (χ4n) is 1.11. The van der Waals surface area contributed by atoms with E-state index in [1.807, 2.05) is 24.4 Å². The Kier molecular flexibility index (Phi) is 3.79. The largest absolute Gasteiger partial charge is 0.351 e. The average Bonchev–Trinajstić information content (AvgIpc) is 1.99. The summed E-state index contributed by atoms with van der Waals surface area (Å²) in [6.45, 7) is 1.87. The maximum Gasteiger partial charge on any atom is 0.215 e. The number of nitrogens with one attached hydrogen (secondary N) is 2. The van der Waals surface area contributed by atoms with Gasteiger partial charge in [-0.15, -0.1) is 12.4 Å². The molecule has 1 atom stereocenters. The molecule has 74 valence electrons. The van der Waals surface area contributed by atoms with Gasteiger partial charge < -0.3 is 15.4 Å². The van der Waals surface area contributed by atoms with Crippen LogP contribution in [0.5, 0.6) is 0 Å². The Balaban J connectivity index is 0.000000845. The normalized spacial score (nSPS) is 31.8. The summed E-state index contributed by atoms with van der Waals surface area (Å²) in [5, 5.41) is 6.25. The molecule has 0 spiro atoms. The van der Waals surface area contributed by atoms with E-state index in [-0.39, 0.29) is 12.4 Å². The van der Waals surface area contributed by atoms with Gasteiger partial charge in [0, 0.05) is 13.1 Å². The Morgan fingerprint density at radius 2 is 2.15 bits per heavy atom. The van der Waals surface area contributed by atoms with Gasteiger partial charge in [-0.3, -0.25) is 0 Å². The second-order valence-corrected chi connectivity index (χ2v) is 4.08. The third-order valence-electron chi connectivity index (χ3n) is 1.88. The zero-order valence-electron chi connectivity index (χ0n) is 7.00. The van der Waals surface area contributed by atoms with Crippen LogP contribution < -0.4 is 10.6 Å². The van der Waals surface area contributed by atoms with Crippen LogP contribution in [0, 0.1) is 0 Å². The van der Waals surface area contributed by atoms with Crippen molar-refractivity contribution in [3.05, 3.63) is 24.4 Å². The van der Waals surface area contributed by atoms with Crippen molar-refractivity contribution in [2.75, 3.05) is 13.1 Å². The molecule has 0 aromatic heterocycles. The molecule has 2 N–H and O–H groups in total. The molecule has 1 fully saturated rings. The Bertz CT molecular complexity index is 230. The van der Waals surface area contributed by atoms with Gasteiger partial charge in [-0.25, -0.2) is 0 Å². The van der Waals surface area contributed by atoms with Crippen molar-refractivity contribution in [3.8, 4) is 0 Å². The number of allylic oxidation sites excluding steroid dienone is 2. The van der Waals surface area contributed by atoms with E-state index in [4.69, 9.17) is 4.74 Å². The van der Waals surface area contributed by atoms with Crippen molar-refractivity contribution in [1.29, 1.82) is 0 Å². The number of hydrogen-bond acceptors (Lipinski definition) is 3. The average molecular weight is 268 g/mol. The van der Waals surface area contributed by atoms with E-state index >= 15 is 0 Å². The van der Waals surface area contributed by atoms with E-state index in [0.717, 1.165) is 13.1 Å². The molecule has 0 saturated carbocycles. The highest BCUT2D eigenvalue weighted by atomic mass is 79.9. The molecule has 1 unspecified atom stereocenters. The fraction of sp³-hybridized carbons (Fsp3) is 0.500. The van der Waals surface area contributed by atoms with Gasteiger partial charge in [0.2, 0.25) is 4.63 Å². The lowest BCUT2D eigenvalue weighted by atomic mass is 10.2. The second kappa shape index (κ2) is 4.46. The summed E-state index contributed by atoms with van der Waals surface area (Å²) >= 11 is 3.47. The minimum atomic E-state index is -0.492. The van der Waals surface area contributed by atoms with Crippen LogP contribution in [-0.2, 0) is 4.74 Å². The van der Waals surface area contributed by atoms with Crippen molar-refractivity contribution < 1.29 is 4.74 Å². The van der Waals surface area contributed by atoms with Crippen LogP contribution in [0.2, 0.25) is 0 Å². The van der Waals surface area contributed by atoms with Crippen LogP contribution in [0.4, 0.5) is 0 Å². The van der Waals surface area contributed by atoms with Crippen LogP contribution >= 0.6 is 28.3 Å². The van der Waals surface area contributed by atoms with Gasteiger partial charge in [0.05, 0.1) is 6.10 Å². The number of dihydropyridines is 1. The van der Waals surface area contributed by atoms with Gasteiger partial charge in [-0.2, -0.15) is 0 Å². The molecule has 0 radical (unpaired) electrons. The molecule has 5 heteroatoms. The monoisotopic (exact) mass is 266 g/mol. The molecule has 2 rings (SSSR count). The topological polar surface area (TPSA) is 33.3 Å². The van der Waals surface area contributed by atoms with E-state index in [9.17, 15) is 0 Å². The maximum absolute atomic E-state index is 5.72. The highest BCUT2D eigenvalue weighted by Crippen LogP contribution is 2.23. The summed E-state index contributed by atoms with van der Waals surface area (Å²) in [5.41, 5.74) is 0. The molecule has 1 saturated heterocycles. The van der Waals surface area contributed by atoms with Crippen molar-refractivity contribution in [2.24, 2.45) is 0 Å². The summed E-state index contributed by atoms with van der Waals surface area (Å²) in [6, 6.07) is 0. The molecular weight excluding hydrogens is 255 g/mol. The molecule has 3 nitrogen and oxygen atoms in total. The summed E-state index contributed by atoms with van der Waals surface area (Å²) in [4.78, 5) is 0. The number of alkyl halides is 1. The van der Waals surface area contributed by atoms with E-state index in [1.54, 1.807) is 0 Å². The molecular formula is C8H12BrClN2O. The Hall–Kier alpha value is -0.0300. The molecule has 0 bridgehead atoms. The Labute approximate surface area is 92.1 Å². The minimum absolute atomic E-state index is 0. The van der Waals surface area contributed by atoms with Crippen molar-refractivity contribution in [1.82, 2.24) is 10.6 Å². The lowest BCUT2D eigenvalue weighted by molar-refractivity contribution is -0.0400. The van der Waals surface area contributed by atoms with Crippen molar-refractivity contribution in [3.63, 3.8) is 0 Å². The van der Waals surface area contributed by atoms with Crippen LogP contribution in [0.25, 0.3) is 0 Å². The van der Waals surface area contributed by atoms with Crippen LogP contribution in [0.3, 0.4) is 0 Å². The summed E-state index contributed by atoms with van der Waals surface area (Å²) in [6.07, 6.45) is 8.01. The summed E-state index contributed by atoms with van der Waals surface area (Å²) in [7, 11) is 0. The lowest BCUT2D eigenvalue weighted by Gasteiger charge is -2.35. The molecule has 2 aliphatic rings. The lowest BCUT2D eigenvalue weighted by Crippen LogP contribution is -2.54. The number of rotatable bonds is 2. The zero-order chi connectivity index (χ0) is 8.44. The molecule has 0 amide bonds. The SMILES string of the molecule is BrC1(OC2CNC2)C=CC=CN1.Cl. The first kappa shape index (κ1) is 11.0. The van der Waals surface area contributed by atoms with Crippen LogP contribution in [0.1, 0.15) is 0 Å². The quantitative estimate of drug-likeness (QED) is 0.581. The second-order valence-electron chi connectivity index (χ2n) is 2.91. The molecule has 2 aliphatic heterocycles. The third-order valence-corrected chi connectivity index (χ3v) is 2.56. The van der Waals surface area contributed by atoms with E-state index in [1.165, 1.54) is 0 Å². The van der Waals surface area contributed by atoms with Crippen LogP contribution in [-0.4, -0.2) is 23.8 Å². The van der Waals surface area contributed by atoms with Crippen molar-refractivity contribution in [2.45, 2.75) is 10.7 Å². The number of halogens is 2. The third kappa shape index (κ3) is 2.71. The highest BCUT2D eigenvalue weighted by molar-refractivity contribution is 9.10. The van der Waals surface area contributed by atoms with Gasteiger partial charge in [0.1, 0.15) is 0 Å². The first-order valence-electron chi connectivity index (χ1n) is 3.98. The summed E-state index contributed by atoms with van der Waals surface area (Å²) in [5.74, 6) is 0. The smallest absolute Gasteiger partial charge is 0.215 e. The fourth-order valence-corrected chi connectivity index (χ4v) is 1.66. The molecule has 0 aromatic carbocycles. The molecule has 0 aromatic rings. The minimum Gasteiger partial charge on any atom is -0.351 e. The predicted octanol–water partition coefficient (Wildman–Crippen LogP) is 1.12. The molecule has 13 heavy (non-hydrogen) atoms. The summed E-state index contributed by atoms with van der Waals surface area (Å²) < 4.78 is 5.23. The number of hydrogen-bond donors (Lipinski definition) is 2. The first-order chi connectivity index (χ1) is 5.79. The van der Waals surface area contributed by atoms with Crippen LogP contribution in [0.15, 0.2) is 24.4 Å². The van der Waals surface area contributed by atoms with Gasteiger partial charge in [-0.05, 0) is 34.3 Å². The van der Waals surface area contributed by atoms with Gasteiger partial charge in [0.15, 0.2) is 0 Å². The maximum atomic E-state index is 5.72. The highest BCUT2D eigenvalue weighted by Gasteiger charge is 2.30. The van der Waals surface area contributed by atoms with Gasteiger partial charge in [-0.1, -0.05) is 6.08 Å². The van der Waals surface area contributed by atoms with E-state index < -0.39 is 4.63 Å². The number of ether oxygens (including phenoxy) is 1. The van der Waals surface area contributed by atoms with E-state index in [2.05, 4.69) is 26.6 Å². The van der Waals surface area contributed by atoms with Gasteiger partial charge in [0.25, 0.3) is 0 Å². The standard InChI is InChI=1S/C8H11BrN2O.ClH/c9-8(3-1-2-4-11-8)12-7-5-10-6-7;/h1-4,7,10-11H,5-6H2;1H. The van der Waals surface area contributed by atoms with Crippen molar-refractivity contribution >= 4 is 28.3 Å². The van der Waals surface area contributed by atoms with E-state index in [0.29, 0.717) is 6.10 Å². The predicted molar refractivity (Wildman–Crippen MR) is 58.1 cm³/mol. The molecule has 2 heterocycles. The zero-order valence-corrected chi connectivity index (χ0v) is 9.40. The Morgan fingerprint density at radius 3 is 2.62 bits per heavy atom.